The van der Waals surface area contributed by atoms with Crippen molar-refractivity contribution in [2.45, 2.75) is 45.2 Å². The van der Waals surface area contributed by atoms with Gasteiger partial charge in [0.1, 0.15) is 0 Å². The highest BCUT2D eigenvalue weighted by molar-refractivity contribution is 5.66. The van der Waals surface area contributed by atoms with Crippen molar-refractivity contribution >= 4 is 5.97 Å². The molecule has 1 heterocycles. The van der Waals surface area contributed by atoms with E-state index in [2.05, 4.69) is 12.0 Å². The van der Waals surface area contributed by atoms with Crippen LogP contribution < -0.4 is 5.73 Å². The fourth-order valence-corrected chi connectivity index (χ4v) is 1.63. The van der Waals surface area contributed by atoms with Crippen molar-refractivity contribution < 1.29 is 9.90 Å². The van der Waals surface area contributed by atoms with E-state index in [0.29, 0.717) is 12.8 Å². The van der Waals surface area contributed by atoms with Crippen LogP contribution in [-0.2, 0) is 17.8 Å². The molecular formula is C11H19N3O2. The molecule has 0 amide bonds. The lowest BCUT2D eigenvalue weighted by molar-refractivity contribution is -0.137. The summed E-state index contributed by atoms with van der Waals surface area (Å²) in [5.41, 5.74) is 6.96. The molecule has 0 aliphatic heterocycles. The molecule has 1 aromatic heterocycles. The number of carboxylic acid groups (broad SMARTS) is 1. The van der Waals surface area contributed by atoms with Crippen molar-refractivity contribution in [3.8, 4) is 0 Å². The second-order valence-electron chi connectivity index (χ2n) is 3.94. The molecule has 0 aromatic carbocycles. The molecule has 0 spiro atoms. The quantitative estimate of drug-likeness (QED) is 0.726. The third kappa shape index (κ3) is 4.02. The second kappa shape index (κ2) is 6.27. The van der Waals surface area contributed by atoms with Crippen LogP contribution in [-0.4, -0.2) is 26.9 Å². The lowest BCUT2D eigenvalue weighted by Crippen LogP contribution is -2.25. The van der Waals surface area contributed by atoms with Crippen LogP contribution in [0.25, 0.3) is 0 Å². The zero-order valence-corrected chi connectivity index (χ0v) is 9.59. The van der Waals surface area contributed by atoms with E-state index in [9.17, 15) is 4.79 Å². The molecule has 1 rings (SSSR count). The summed E-state index contributed by atoms with van der Waals surface area (Å²) in [7, 11) is 0. The van der Waals surface area contributed by atoms with Crippen LogP contribution in [0.2, 0.25) is 0 Å². The maximum Gasteiger partial charge on any atom is 0.303 e. The minimum absolute atomic E-state index is 0.108. The summed E-state index contributed by atoms with van der Waals surface area (Å²) >= 11 is 0. The molecule has 0 fully saturated rings. The molecule has 1 aromatic rings. The van der Waals surface area contributed by atoms with Crippen LogP contribution in [0.4, 0.5) is 0 Å². The molecule has 1 atom stereocenters. The van der Waals surface area contributed by atoms with E-state index in [1.807, 2.05) is 10.7 Å². The molecule has 90 valence electrons. The Morgan fingerprint density at radius 1 is 1.69 bits per heavy atom. The van der Waals surface area contributed by atoms with Gasteiger partial charge in [-0.2, -0.15) is 5.10 Å². The average molecular weight is 225 g/mol. The highest BCUT2D eigenvalue weighted by Gasteiger charge is 2.09. The number of aliphatic carboxylic acids is 1. The lowest BCUT2D eigenvalue weighted by atomic mass is 10.1. The summed E-state index contributed by atoms with van der Waals surface area (Å²) in [5, 5.41) is 12.8. The van der Waals surface area contributed by atoms with Crippen molar-refractivity contribution in [1.82, 2.24) is 9.78 Å². The highest BCUT2D eigenvalue weighted by atomic mass is 16.4. The van der Waals surface area contributed by atoms with Crippen LogP contribution in [0.1, 0.15) is 31.9 Å². The van der Waals surface area contributed by atoms with E-state index in [1.165, 1.54) is 0 Å². The number of rotatable bonds is 7. The smallest absolute Gasteiger partial charge is 0.303 e. The number of aromatic nitrogens is 2. The summed E-state index contributed by atoms with van der Waals surface area (Å²) in [4.78, 5) is 10.4. The van der Waals surface area contributed by atoms with Gasteiger partial charge in [-0.05, 0) is 18.9 Å². The first-order chi connectivity index (χ1) is 7.63. The van der Waals surface area contributed by atoms with Gasteiger partial charge in [0.05, 0.1) is 0 Å². The Hall–Kier alpha value is -1.36. The molecule has 1 unspecified atom stereocenters. The molecule has 5 nitrogen and oxygen atoms in total. The van der Waals surface area contributed by atoms with Crippen molar-refractivity contribution in [2.75, 3.05) is 0 Å². The van der Waals surface area contributed by atoms with Crippen molar-refractivity contribution in [1.29, 1.82) is 0 Å². The third-order valence-electron chi connectivity index (χ3n) is 2.44. The maximum absolute atomic E-state index is 10.4. The summed E-state index contributed by atoms with van der Waals surface area (Å²) in [6, 6.07) is 1.83. The number of carboxylic acids is 1. The first-order valence-electron chi connectivity index (χ1n) is 5.61. The molecule has 16 heavy (non-hydrogen) atoms. The standard InChI is InChI=1S/C11H19N3O2/c1-2-7-14-10(5-6-13-14)8-9(12)3-4-11(15)16/h5-6,9H,2-4,7-8,12H2,1H3,(H,15,16). The molecule has 0 bridgehead atoms. The Bertz CT molecular complexity index is 336. The van der Waals surface area contributed by atoms with Crippen LogP contribution in [0.5, 0.6) is 0 Å². The molecule has 5 heteroatoms. The number of nitrogens with zero attached hydrogens (tertiary/aromatic N) is 2. The van der Waals surface area contributed by atoms with E-state index in [4.69, 9.17) is 10.8 Å². The molecule has 0 aliphatic rings. The zero-order chi connectivity index (χ0) is 12.0. The topological polar surface area (TPSA) is 81.1 Å². The Kier molecular flexibility index (Phi) is 4.98. The molecule has 0 radical (unpaired) electrons. The van der Waals surface area contributed by atoms with Crippen molar-refractivity contribution in [3.63, 3.8) is 0 Å². The van der Waals surface area contributed by atoms with E-state index in [-0.39, 0.29) is 12.5 Å². The summed E-state index contributed by atoms with van der Waals surface area (Å²) in [6.07, 6.45) is 4.11. The normalized spacial score (nSPS) is 12.6. The van der Waals surface area contributed by atoms with E-state index < -0.39 is 5.97 Å². The largest absolute Gasteiger partial charge is 0.481 e. The fourth-order valence-electron chi connectivity index (χ4n) is 1.63. The van der Waals surface area contributed by atoms with Gasteiger partial charge in [-0.1, -0.05) is 6.92 Å². The van der Waals surface area contributed by atoms with Crippen LogP contribution in [0.15, 0.2) is 12.3 Å². The fraction of sp³-hybridized carbons (Fsp3) is 0.636. The van der Waals surface area contributed by atoms with E-state index in [0.717, 1.165) is 18.7 Å². The van der Waals surface area contributed by atoms with E-state index >= 15 is 0 Å². The Morgan fingerprint density at radius 3 is 3.06 bits per heavy atom. The maximum atomic E-state index is 10.4. The van der Waals surface area contributed by atoms with Gasteiger partial charge in [0.15, 0.2) is 0 Å². The van der Waals surface area contributed by atoms with Gasteiger partial charge in [0.25, 0.3) is 0 Å². The van der Waals surface area contributed by atoms with Crippen molar-refractivity contribution in [2.24, 2.45) is 5.73 Å². The SMILES string of the molecule is CCCn1nccc1CC(N)CCC(=O)O. The summed E-state index contributed by atoms with van der Waals surface area (Å²) < 4.78 is 1.93. The van der Waals surface area contributed by atoms with Gasteiger partial charge in [-0.3, -0.25) is 9.48 Å². The molecule has 0 saturated carbocycles. The van der Waals surface area contributed by atoms with Crippen molar-refractivity contribution in [3.05, 3.63) is 18.0 Å². The van der Waals surface area contributed by atoms with Gasteiger partial charge in [0.2, 0.25) is 0 Å². The number of nitrogens with two attached hydrogens (primary N) is 1. The Labute approximate surface area is 95.3 Å². The minimum atomic E-state index is -0.794. The first-order valence-corrected chi connectivity index (χ1v) is 5.61. The number of hydrogen-bond acceptors (Lipinski definition) is 3. The first kappa shape index (κ1) is 12.7. The van der Waals surface area contributed by atoms with Crippen LogP contribution >= 0.6 is 0 Å². The number of aryl methyl sites for hydroxylation is 1. The average Bonchev–Trinajstić information content (AvgIpc) is 2.63. The highest BCUT2D eigenvalue weighted by Crippen LogP contribution is 2.06. The Balaban J connectivity index is 2.45. The third-order valence-corrected chi connectivity index (χ3v) is 2.44. The number of carbonyl (C=O) groups is 1. The minimum Gasteiger partial charge on any atom is -0.481 e. The second-order valence-corrected chi connectivity index (χ2v) is 3.94. The lowest BCUT2D eigenvalue weighted by Gasteiger charge is -2.11. The molecule has 3 N–H and O–H groups in total. The molecule has 0 aliphatic carbocycles. The van der Waals surface area contributed by atoms with Gasteiger partial charge in [-0.25, -0.2) is 0 Å². The Morgan fingerprint density at radius 2 is 2.44 bits per heavy atom. The predicted octanol–water partition coefficient (Wildman–Crippen LogP) is 1.03. The van der Waals surface area contributed by atoms with Gasteiger partial charge >= 0.3 is 5.97 Å². The summed E-state index contributed by atoms with van der Waals surface area (Å²) in [5.74, 6) is -0.794. The van der Waals surface area contributed by atoms with Gasteiger partial charge in [-0.15, -0.1) is 0 Å². The zero-order valence-electron chi connectivity index (χ0n) is 9.59. The molecule has 0 saturated heterocycles. The number of hydrogen-bond donors (Lipinski definition) is 2. The monoisotopic (exact) mass is 225 g/mol. The van der Waals surface area contributed by atoms with E-state index in [1.54, 1.807) is 6.20 Å². The van der Waals surface area contributed by atoms with Gasteiger partial charge in [0, 0.05) is 37.3 Å². The van der Waals surface area contributed by atoms with Crippen LogP contribution in [0, 0.1) is 0 Å². The van der Waals surface area contributed by atoms with Gasteiger partial charge < -0.3 is 10.8 Å². The molecular weight excluding hydrogens is 206 g/mol. The van der Waals surface area contributed by atoms with Crippen LogP contribution in [0.3, 0.4) is 0 Å². The predicted molar refractivity (Wildman–Crippen MR) is 61.1 cm³/mol. The summed E-state index contributed by atoms with van der Waals surface area (Å²) in [6.45, 7) is 2.98.